The summed E-state index contributed by atoms with van der Waals surface area (Å²) in [6.45, 7) is 1.68. The van der Waals surface area contributed by atoms with E-state index in [1.165, 1.54) is 11.3 Å². The van der Waals surface area contributed by atoms with Gasteiger partial charge in [0.2, 0.25) is 21.8 Å². The van der Waals surface area contributed by atoms with Gasteiger partial charge in [0.15, 0.2) is 0 Å². The molecule has 2 amide bonds. The van der Waals surface area contributed by atoms with Crippen LogP contribution in [0.1, 0.15) is 51.0 Å². The maximum Gasteiger partial charge on any atom is 0.244 e. The van der Waals surface area contributed by atoms with E-state index in [1.807, 2.05) is 37.3 Å². The molecule has 0 unspecified atom stereocenters. The molecule has 2 aromatic rings. The molecular weight excluding hydrogens is 530 g/mol. The molecule has 1 saturated carbocycles. The zero-order chi connectivity index (χ0) is 25.4. The lowest BCUT2D eigenvalue weighted by atomic mass is 9.95. The van der Waals surface area contributed by atoms with Gasteiger partial charge in [-0.3, -0.25) is 13.9 Å². The van der Waals surface area contributed by atoms with Crippen molar-refractivity contribution in [2.75, 3.05) is 17.1 Å². The van der Waals surface area contributed by atoms with E-state index in [0.717, 1.165) is 41.8 Å². The summed E-state index contributed by atoms with van der Waals surface area (Å²) in [5.74, 6) is -0.615. The Kier molecular flexibility index (Phi) is 9.74. The van der Waals surface area contributed by atoms with Crippen LogP contribution in [0.4, 0.5) is 5.69 Å². The van der Waals surface area contributed by atoms with Crippen molar-refractivity contribution in [3.05, 3.63) is 64.6 Å². The van der Waals surface area contributed by atoms with Gasteiger partial charge < -0.3 is 10.2 Å². The molecule has 0 radical (unpaired) electrons. The zero-order valence-corrected chi connectivity index (χ0v) is 22.7. The molecule has 1 aliphatic rings. The lowest BCUT2D eigenvalue weighted by molar-refractivity contribution is -0.140. The smallest absolute Gasteiger partial charge is 0.244 e. The number of halogens is 1. The molecule has 7 nitrogen and oxygen atoms in total. The quantitative estimate of drug-likeness (QED) is 0.462. The van der Waals surface area contributed by atoms with Crippen LogP contribution in [0.25, 0.3) is 0 Å². The number of anilines is 1. The van der Waals surface area contributed by atoms with Crippen molar-refractivity contribution in [1.82, 2.24) is 10.2 Å². The first-order valence-electron chi connectivity index (χ1n) is 12.1. The Bertz CT molecular complexity index is 1100. The number of hydrogen-bond acceptors (Lipinski definition) is 4. The summed E-state index contributed by atoms with van der Waals surface area (Å²) < 4.78 is 27.0. The van der Waals surface area contributed by atoms with E-state index in [0.29, 0.717) is 16.6 Å². The van der Waals surface area contributed by atoms with E-state index in [1.54, 1.807) is 24.3 Å². The minimum absolute atomic E-state index is 0.117. The lowest BCUT2D eigenvalue weighted by Crippen LogP contribution is -2.54. The average Bonchev–Trinajstić information content (AvgIpc) is 2.83. The van der Waals surface area contributed by atoms with Crippen LogP contribution >= 0.6 is 15.9 Å². The van der Waals surface area contributed by atoms with E-state index in [4.69, 9.17) is 0 Å². The Balaban J connectivity index is 1.90. The van der Waals surface area contributed by atoms with Gasteiger partial charge in [-0.25, -0.2) is 8.42 Å². The summed E-state index contributed by atoms with van der Waals surface area (Å²) in [5, 5.41) is 3.14. The Morgan fingerprint density at radius 1 is 1.03 bits per heavy atom. The van der Waals surface area contributed by atoms with Crippen LogP contribution < -0.4 is 9.62 Å². The van der Waals surface area contributed by atoms with Crippen LogP contribution in [-0.4, -0.2) is 50.0 Å². The molecule has 0 heterocycles. The van der Waals surface area contributed by atoms with Gasteiger partial charge >= 0.3 is 0 Å². The number of sulfonamides is 1. The normalized spacial score (nSPS) is 15.3. The van der Waals surface area contributed by atoms with Gasteiger partial charge in [-0.1, -0.05) is 68.7 Å². The molecule has 190 valence electrons. The van der Waals surface area contributed by atoms with Crippen molar-refractivity contribution < 1.29 is 18.0 Å². The van der Waals surface area contributed by atoms with Gasteiger partial charge in [0.05, 0.1) is 11.9 Å². The number of carbonyl (C=O) groups is 2. The van der Waals surface area contributed by atoms with Crippen molar-refractivity contribution in [3.63, 3.8) is 0 Å². The minimum atomic E-state index is -3.76. The van der Waals surface area contributed by atoms with Crippen molar-refractivity contribution in [3.8, 4) is 0 Å². The molecule has 0 aliphatic heterocycles. The van der Waals surface area contributed by atoms with Crippen molar-refractivity contribution >= 4 is 43.5 Å². The number of para-hydroxylation sites is 1. The summed E-state index contributed by atoms with van der Waals surface area (Å²) in [6.07, 6.45) is 6.74. The lowest BCUT2D eigenvalue weighted by Gasteiger charge is -2.34. The first kappa shape index (κ1) is 27.2. The molecule has 2 aromatic carbocycles. The third-order valence-corrected chi connectivity index (χ3v) is 8.13. The van der Waals surface area contributed by atoms with Crippen LogP contribution in [-0.2, 0) is 26.2 Å². The Morgan fingerprint density at radius 3 is 2.26 bits per heavy atom. The van der Waals surface area contributed by atoms with Crippen LogP contribution in [0.5, 0.6) is 0 Å². The number of carbonyl (C=O) groups excluding carboxylic acids is 2. The maximum atomic E-state index is 13.7. The number of rotatable bonds is 10. The molecule has 0 bridgehead atoms. The maximum absolute atomic E-state index is 13.7. The van der Waals surface area contributed by atoms with E-state index in [-0.39, 0.29) is 18.5 Å². The number of amides is 2. The van der Waals surface area contributed by atoms with E-state index >= 15 is 0 Å². The molecule has 1 atom stereocenters. The largest absolute Gasteiger partial charge is 0.352 e. The SMILES string of the molecule is CC[C@H](C(=O)NC1CCCCC1)N(Cc1ccccc1)C(=O)CN(c1ccccc1Br)S(C)(=O)=O. The first-order valence-corrected chi connectivity index (χ1v) is 14.7. The first-order chi connectivity index (χ1) is 16.7. The Labute approximate surface area is 217 Å². The molecule has 0 saturated heterocycles. The second-order valence-electron chi connectivity index (χ2n) is 9.00. The fourth-order valence-electron chi connectivity index (χ4n) is 4.49. The summed E-state index contributed by atoms with van der Waals surface area (Å²) >= 11 is 3.40. The highest BCUT2D eigenvalue weighted by atomic mass is 79.9. The molecule has 3 rings (SSSR count). The van der Waals surface area contributed by atoms with Gasteiger partial charge in [0.1, 0.15) is 12.6 Å². The third-order valence-electron chi connectivity index (χ3n) is 6.33. The van der Waals surface area contributed by atoms with Gasteiger partial charge in [-0.15, -0.1) is 0 Å². The molecule has 9 heteroatoms. The number of hydrogen-bond donors (Lipinski definition) is 1. The van der Waals surface area contributed by atoms with E-state index in [2.05, 4.69) is 21.2 Å². The number of nitrogens with one attached hydrogen (secondary N) is 1. The van der Waals surface area contributed by atoms with Crippen LogP contribution in [0.15, 0.2) is 59.1 Å². The van der Waals surface area contributed by atoms with E-state index in [9.17, 15) is 18.0 Å². The topological polar surface area (TPSA) is 86.8 Å². The molecular formula is C26H34BrN3O4S. The van der Waals surface area contributed by atoms with Crippen molar-refractivity contribution in [2.24, 2.45) is 0 Å². The Morgan fingerprint density at radius 2 is 1.66 bits per heavy atom. The highest BCUT2D eigenvalue weighted by molar-refractivity contribution is 9.10. The van der Waals surface area contributed by atoms with Crippen LogP contribution in [0.3, 0.4) is 0 Å². The second-order valence-corrected chi connectivity index (χ2v) is 11.8. The predicted octanol–water partition coefficient (Wildman–Crippen LogP) is 4.47. The highest BCUT2D eigenvalue weighted by Crippen LogP contribution is 2.28. The van der Waals surface area contributed by atoms with Crippen LogP contribution in [0, 0.1) is 0 Å². The summed E-state index contributed by atoms with van der Waals surface area (Å²) in [7, 11) is -3.76. The number of nitrogens with zero attached hydrogens (tertiary/aromatic N) is 2. The Hall–Kier alpha value is -2.39. The fourth-order valence-corrected chi connectivity index (χ4v) is 5.97. The minimum Gasteiger partial charge on any atom is -0.352 e. The van der Waals surface area contributed by atoms with Crippen molar-refractivity contribution in [2.45, 2.75) is 64.1 Å². The molecule has 0 spiro atoms. The summed E-state index contributed by atoms with van der Waals surface area (Å²) in [6, 6.07) is 15.7. The average molecular weight is 565 g/mol. The van der Waals surface area contributed by atoms with Gasteiger partial charge in [-0.05, 0) is 52.9 Å². The highest BCUT2D eigenvalue weighted by Gasteiger charge is 2.33. The zero-order valence-electron chi connectivity index (χ0n) is 20.3. The predicted molar refractivity (Wildman–Crippen MR) is 142 cm³/mol. The standard InChI is InChI=1S/C26H34BrN3O4S/c1-3-23(26(32)28-21-14-8-5-9-15-21)29(18-20-12-6-4-7-13-20)25(31)19-30(35(2,33)34)24-17-11-10-16-22(24)27/h4,6-7,10-13,16-17,21,23H,3,5,8-9,14-15,18-19H2,1-2H3,(H,28,32)/t23-/m1/s1. The number of benzene rings is 2. The second kappa shape index (κ2) is 12.5. The summed E-state index contributed by atoms with van der Waals surface area (Å²) in [5.41, 5.74) is 1.25. The molecule has 1 N–H and O–H groups in total. The molecule has 35 heavy (non-hydrogen) atoms. The van der Waals surface area contributed by atoms with Gasteiger partial charge in [0, 0.05) is 17.1 Å². The monoisotopic (exact) mass is 563 g/mol. The van der Waals surface area contributed by atoms with Crippen LogP contribution in [0.2, 0.25) is 0 Å². The van der Waals surface area contributed by atoms with Gasteiger partial charge in [-0.2, -0.15) is 0 Å². The van der Waals surface area contributed by atoms with E-state index < -0.39 is 28.5 Å². The van der Waals surface area contributed by atoms with Crippen molar-refractivity contribution in [1.29, 1.82) is 0 Å². The van der Waals surface area contributed by atoms with Gasteiger partial charge in [0.25, 0.3) is 0 Å². The summed E-state index contributed by atoms with van der Waals surface area (Å²) in [4.78, 5) is 28.6. The fraction of sp³-hybridized carbons (Fsp3) is 0.462. The molecule has 1 fully saturated rings. The molecule has 1 aliphatic carbocycles. The molecule has 0 aromatic heterocycles. The third kappa shape index (κ3) is 7.54.